The molecule has 0 heterocycles. The summed E-state index contributed by atoms with van der Waals surface area (Å²) >= 11 is 0. The van der Waals surface area contributed by atoms with Gasteiger partial charge in [0.2, 0.25) is 0 Å². The van der Waals surface area contributed by atoms with Gasteiger partial charge in [0.05, 0.1) is 0 Å². The number of aryl methyl sites for hydroxylation is 2. The van der Waals surface area contributed by atoms with Crippen molar-refractivity contribution in [3.63, 3.8) is 0 Å². The first-order valence-electron chi connectivity index (χ1n) is 8.98. The Bertz CT molecular complexity index is 604. The molecule has 0 saturated heterocycles. The first kappa shape index (κ1) is 17.6. The third kappa shape index (κ3) is 5.13. The fourth-order valence-electron chi connectivity index (χ4n) is 3.40. The van der Waals surface area contributed by atoms with E-state index in [0.717, 1.165) is 18.5 Å². The number of benzene rings is 1. The minimum absolute atomic E-state index is 0.623. The quantitative estimate of drug-likeness (QED) is 0.499. The summed E-state index contributed by atoms with van der Waals surface area (Å²) in [5, 5.41) is 0. The summed E-state index contributed by atoms with van der Waals surface area (Å²) in [5.41, 5.74) is 13.0. The first-order valence-corrected chi connectivity index (χ1v) is 8.98. The second-order valence-electron chi connectivity index (χ2n) is 6.71. The molecule has 124 valence electrons. The van der Waals surface area contributed by atoms with Crippen LogP contribution in [0, 0.1) is 0 Å². The Hall–Kier alpha value is -1.76. The maximum atomic E-state index is 6.01. The molecule has 0 aliphatic heterocycles. The summed E-state index contributed by atoms with van der Waals surface area (Å²) in [4.78, 5) is 0. The van der Waals surface area contributed by atoms with E-state index in [4.69, 9.17) is 5.73 Å². The van der Waals surface area contributed by atoms with Crippen molar-refractivity contribution in [3.8, 4) is 0 Å². The van der Waals surface area contributed by atoms with Crippen LogP contribution in [0.25, 0.3) is 0 Å². The minimum atomic E-state index is 0.623. The van der Waals surface area contributed by atoms with Crippen molar-refractivity contribution in [1.29, 1.82) is 0 Å². The fraction of sp³-hybridized carbons (Fsp3) is 0.455. The third-order valence-corrected chi connectivity index (χ3v) is 4.84. The lowest BCUT2D eigenvalue weighted by molar-refractivity contribution is 0.653. The number of fused-ring (bicyclic) bond motifs is 1. The molecule has 1 aromatic rings. The number of nitrogens with two attached hydrogens (primary N) is 1. The molecule has 0 aromatic heterocycles. The molecule has 23 heavy (non-hydrogen) atoms. The molecule has 1 atom stereocenters. The predicted molar refractivity (Wildman–Crippen MR) is 102 cm³/mol. The van der Waals surface area contributed by atoms with Crippen LogP contribution in [0.3, 0.4) is 0 Å². The molecule has 1 heteroatoms. The van der Waals surface area contributed by atoms with E-state index in [1.54, 1.807) is 11.1 Å². The van der Waals surface area contributed by atoms with Gasteiger partial charge in [0.1, 0.15) is 0 Å². The van der Waals surface area contributed by atoms with Crippen molar-refractivity contribution in [1.82, 2.24) is 0 Å². The van der Waals surface area contributed by atoms with Gasteiger partial charge < -0.3 is 5.73 Å². The predicted octanol–water partition coefficient (Wildman–Crippen LogP) is 5.81. The van der Waals surface area contributed by atoms with Crippen LogP contribution in [0.1, 0.15) is 69.1 Å². The van der Waals surface area contributed by atoms with Gasteiger partial charge in [0.25, 0.3) is 0 Å². The molecule has 0 fully saturated rings. The zero-order valence-electron chi connectivity index (χ0n) is 14.9. The van der Waals surface area contributed by atoms with E-state index in [1.807, 2.05) is 25.2 Å². The Balaban J connectivity index is 2.01. The van der Waals surface area contributed by atoms with Crippen LogP contribution in [0.2, 0.25) is 0 Å². The topological polar surface area (TPSA) is 26.0 Å². The highest BCUT2D eigenvalue weighted by Gasteiger charge is 2.15. The highest BCUT2D eigenvalue weighted by atomic mass is 14.6. The Labute approximate surface area is 142 Å². The molecule has 0 amide bonds. The van der Waals surface area contributed by atoms with Crippen LogP contribution in [0.5, 0.6) is 0 Å². The first-order chi connectivity index (χ1) is 11.1. The lowest BCUT2D eigenvalue weighted by Crippen LogP contribution is -2.00. The lowest BCUT2D eigenvalue weighted by atomic mass is 9.88. The average Bonchev–Trinajstić information content (AvgIpc) is 3.03. The van der Waals surface area contributed by atoms with E-state index < -0.39 is 0 Å². The SMILES string of the molecule is C/C=C\C=C(/N)C/C=C(/C)CC(CC)c1ccc2c(c1)CCC2. The number of hydrogen-bond acceptors (Lipinski definition) is 1. The maximum absolute atomic E-state index is 6.01. The van der Waals surface area contributed by atoms with Gasteiger partial charge in [-0.05, 0) is 74.6 Å². The smallest absolute Gasteiger partial charge is 0.0119 e. The molecule has 2 N–H and O–H groups in total. The molecule has 1 aromatic carbocycles. The van der Waals surface area contributed by atoms with Gasteiger partial charge in [-0.25, -0.2) is 0 Å². The molecule has 1 nitrogen and oxygen atoms in total. The normalized spacial score (nSPS) is 16.8. The van der Waals surface area contributed by atoms with Crippen LogP contribution < -0.4 is 5.73 Å². The highest BCUT2D eigenvalue weighted by Crippen LogP contribution is 2.31. The molecule has 0 spiro atoms. The Morgan fingerprint density at radius 2 is 2.04 bits per heavy atom. The summed E-state index contributed by atoms with van der Waals surface area (Å²) < 4.78 is 0. The summed E-state index contributed by atoms with van der Waals surface area (Å²) in [6.45, 7) is 6.54. The minimum Gasteiger partial charge on any atom is -0.402 e. The van der Waals surface area contributed by atoms with Gasteiger partial charge in [-0.2, -0.15) is 0 Å². The van der Waals surface area contributed by atoms with E-state index in [9.17, 15) is 0 Å². The second-order valence-corrected chi connectivity index (χ2v) is 6.71. The number of hydrogen-bond donors (Lipinski definition) is 1. The molecular formula is C22H31N. The van der Waals surface area contributed by atoms with Crippen LogP contribution in [0.4, 0.5) is 0 Å². The Morgan fingerprint density at radius 3 is 2.78 bits per heavy atom. The fourth-order valence-corrected chi connectivity index (χ4v) is 3.40. The average molecular weight is 309 g/mol. The van der Waals surface area contributed by atoms with E-state index in [-0.39, 0.29) is 0 Å². The molecule has 2 rings (SSSR count). The van der Waals surface area contributed by atoms with E-state index in [2.05, 4.69) is 38.1 Å². The molecule has 1 aliphatic carbocycles. The van der Waals surface area contributed by atoms with Crippen LogP contribution >= 0.6 is 0 Å². The zero-order chi connectivity index (χ0) is 16.7. The van der Waals surface area contributed by atoms with Gasteiger partial charge in [0, 0.05) is 12.1 Å². The van der Waals surface area contributed by atoms with Gasteiger partial charge in [-0.15, -0.1) is 0 Å². The van der Waals surface area contributed by atoms with E-state index in [1.165, 1.54) is 36.8 Å². The van der Waals surface area contributed by atoms with E-state index >= 15 is 0 Å². The van der Waals surface area contributed by atoms with Crippen molar-refractivity contribution in [2.24, 2.45) is 5.73 Å². The van der Waals surface area contributed by atoms with E-state index in [0.29, 0.717) is 5.92 Å². The Morgan fingerprint density at radius 1 is 1.26 bits per heavy atom. The molecule has 0 saturated carbocycles. The summed E-state index contributed by atoms with van der Waals surface area (Å²) in [7, 11) is 0. The third-order valence-electron chi connectivity index (χ3n) is 4.84. The molecular weight excluding hydrogens is 278 g/mol. The van der Waals surface area contributed by atoms with Crippen molar-refractivity contribution in [2.45, 2.75) is 65.2 Å². The molecule has 0 radical (unpaired) electrons. The van der Waals surface area contributed by atoms with Crippen LogP contribution in [-0.2, 0) is 12.8 Å². The summed E-state index contributed by atoms with van der Waals surface area (Å²) in [6.07, 6.45) is 15.3. The standard InChI is InChI=1S/C22H31N/c1-4-6-10-22(23)14-11-17(3)15-18(5-2)21-13-12-19-8-7-9-20(19)16-21/h4,6,10-13,16,18H,5,7-9,14-15,23H2,1-3H3/b6-4-,17-11-,22-10-. The summed E-state index contributed by atoms with van der Waals surface area (Å²) in [5.74, 6) is 0.623. The zero-order valence-corrected chi connectivity index (χ0v) is 14.9. The summed E-state index contributed by atoms with van der Waals surface area (Å²) in [6, 6.07) is 7.17. The van der Waals surface area contributed by atoms with Gasteiger partial charge in [-0.3, -0.25) is 0 Å². The second kappa shape index (κ2) is 8.76. The highest BCUT2D eigenvalue weighted by molar-refractivity contribution is 5.37. The molecule has 0 bridgehead atoms. The monoisotopic (exact) mass is 309 g/mol. The number of allylic oxidation sites excluding steroid dienone is 5. The number of rotatable bonds is 7. The van der Waals surface area contributed by atoms with Gasteiger partial charge in [-0.1, -0.05) is 48.9 Å². The lowest BCUT2D eigenvalue weighted by Gasteiger charge is -2.17. The van der Waals surface area contributed by atoms with Crippen LogP contribution in [-0.4, -0.2) is 0 Å². The van der Waals surface area contributed by atoms with Crippen molar-refractivity contribution in [2.75, 3.05) is 0 Å². The van der Waals surface area contributed by atoms with Crippen LogP contribution in [0.15, 0.2) is 53.8 Å². The van der Waals surface area contributed by atoms with Gasteiger partial charge >= 0.3 is 0 Å². The van der Waals surface area contributed by atoms with Crippen molar-refractivity contribution in [3.05, 3.63) is 70.5 Å². The van der Waals surface area contributed by atoms with Gasteiger partial charge in [0.15, 0.2) is 0 Å². The molecule has 1 unspecified atom stereocenters. The largest absolute Gasteiger partial charge is 0.402 e. The maximum Gasteiger partial charge on any atom is 0.0119 e. The molecule has 1 aliphatic rings. The van der Waals surface area contributed by atoms with Crippen molar-refractivity contribution >= 4 is 0 Å². The Kier molecular flexibility index (Phi) is 6.70. The van der Waals surface area contributed by atoms with Crippen molar-refractivity contribution < 1.29 is 0 Å².